The SMILES string of the molecule is Cc1cc(-c2ccc(CN3CCN(C(=O)OC(C)(C)C)CC3)c(F)c2)ccn1.Cc1cc(-c2ccc(CN3CCNCC3)c(F)c2)ccn1. The van der Waals surface area contributed by atoms with Crippen LogP contribution in [0, 0.1) is 25.5 Å². The van der Waals surface area contributed by atoms with Crippen molar-refractivity contribution in [2.24, 2.45) is 0 Å². The highest BCUT2D eigenvalue weighted by atomic mass is 19.1. The lowest BCUT2D eigenvalue weighted by atomic mass is 10.0. The van der Waals surface area contributed by atoms with Gasteiger partial charge in [0.1, 0.15) is 17.2 Å². The highest BCUT2D eigenvalue weighted by molar-refractivity contribution is 5.68. The molecule has 0 radical (unpaired) electrons. The number of aromatic nitrogens is 2. The van der Waals surface area contributed by atoms with E-state index in [1.165, 1.54) is 0 Å². The fourth-order valence-corrected chi connectivity index (χ4v) is 5.93. The van der Waals surface area contributed by atoms with Crippen LogP contribution in [-0.4, -0.2) is 88.7 Å². The maximum atomic E-state index is 14.7. The summed E-state index contributed by atoms with van der Waals surface area (Å²) in [5.74, 6) is -0.331. The Morgan fingerprint density at radius 3 is 1.57 bits per heavy atom. The fraction of sp³-hybridized carbons (Fsp3) is 0.410. The van der Waals surface area contributed by atoms with Crippen LogP contribution in [0.3, 0.4) is 0 Å². The number of piperazine rings is 2. The Morgan fingerprint density at radius 2 is 1.14 bits per heavy atom. The number of nitrogens with one attached hydrogen (secondary N) is 1. The summed E-state index contributed by atoms with van der Waals surface area (Å²) in [5, 5.41) is 3.31. The molecular formula is C39H48F2N6O2. The highest BCUT2D eigenvalue weighted by Gasteiger charge is 2.26. The van der Waals surface area contributed by atoms with Gasteiger partial charge in [-0.25, -0.2) is 13.6 Å². The van der Waals surface area contributed by atoms with Crippen molar-refractivity contribution in [1.82, 2.24) is 30.0 Å². The number of halogens is 2. The van der Waals surface area contributed by atoms with Crippen LogP contribution in [0.4, 0.5) is 13.6 Å². The van der Waals surface area contributed by atoms with Gasteiger partial charge in [0.05, 0.1) is 0 Å². The molecule has 0 atom stereocenters. The average molecular weight is 671 g/mol. The Balaban J connectivity index is 0.000000199. The summed E-state index contributed by atoms with van der Waals surface area (Å²) in [6.07, 6.45) is 3.22. The van der Waals surface area contributed by atoms with E-state index < -0.39 is 5.60 Å². The first kappa shape index (κ1) is 36.0. The van der Waals surface area contributed by atoms with Gasteiger partial charge >= 0.3 is 6.09 Å². The molecule has 1 N–H and O–H groups in total. The van der Waals surface area contributed by atoms with E-state index in [9.17, 15) is 13.6 Å². The van der Waals surface area contributed by atoms with Crippen molar-refractivity contribution in [2.45, 2.75) is 53.3 Å². The van der Waals surface area contributed by atoms with Crippen molar-refractivity contribution in [2.75, 3.05) is 52.4 Å². The zero-order chi connectivity index (χ0) is 35.0. The summed E-state index contributed by atoms with van der Waals surface area (Å²) < 4.78 is 34.4. The molecule has 0 unspecified atom stereocenters. The second-order valence-corrected chi connectivity index (χ2v) is 13.8. The van der Waals surface area contributed by atoms with Gasteiger partial charge in [-0.2, -0.15) is 0 Å². The van der Waals surface area contributed by atoms with E-state index in [0.717, 1.165) is 65.4 Å². The zero-order valence-electron chi connectivity index (χ0n) is 29.3. The number of carbonyl (C=O) groups is 1. The van der Waals surface area contributed by atoms with Crippen molar-refractivity contribution in [3.63, 3.8) is 0 Å². The maximum Gasteiger partial charge on any atom is 0.410 e. The molecular weight excluding hydrogens is 622 g/mol. The predicted octanol–water partition coefficient (Wildman–Crippen LogP) is 6.85. The summed E-state index contributed by atoms with van der Waals surface area (Å²) in [4.78, 5) is 26.7. The van der Waals surface area contributed by atoms with Crippen molar-refractivity contribution in [3.05, 3.63) is 107 Å². The fourth-order valence-electron chi connectivity index (χ4n) is 5.93. The van der Waals surface area contributed by atoms with Crippen LogP contribution in [-0.2, 0) is 17.8 Å². The molecule has 2 fully saturated rings. The minimum Gasteiger partial charge on any atom is -0.444 e. The number of ether oxygens (including phenoxy) is 1. The van der Waals surface area contributed by atoms with E-state index in [1.54, 1.807) is 29.4 Å². The number of hydrogen-bond donors (Lipinski definition) is 1. The standard InChI is InChI=1S/C22H28FN3O2.C17H20FN3/c1-16-13-18(7-8-24-16)17-5-6-19(20(23)14-17)15-25-9-11-26(12-10-25)21(27)28-22(2,3)4;1-13-10-15(4-5-20-13)14-2-3-16(17(18)11-14)12-21-8-6-19-7-9-21/h5-8,13-14H,9-12,15H2,1-4H3;2-5,10-11,19H,6-9,12H2,1H3. The summed E-state index contributed by atoms with van der Waals surface area (Å²) >= 11 is 0. The third-order valence-corrected chi connectivity index (χ3v) is 8.59. The molecule has 4 aromatic rings. The molecule has 4 heterocycles. The van der Waals surface area contributed by atoms with Crippen molar-refractivity contribution in [3.8, 4) is 22.3 Å². The first-order valence-corrected chi connectivity index (χ1v) is 17.0. The Labute approximate surface area is 289 Å². The van der Waals surface area contributed by atoms with Crippen LogP contribution in [0.2, 0.25) is 0 Å². The maximum absolute atomic E-state index is 14.7. The molecule has 2 saturated heterocycles. The summed E-state index contributed by atoms with van der Waals surface area (Å²) in [6.45, 7) is 17.2. The topological polar surface area (TPSA) is 73.8 Å². The van der Waals surface area contributed by atoms with Gasteiger partial charge < -0.3 is 15.0 Å². The Hall–Kier alpha value is -4.25. The third-order valence-electron chi connectivity index (χ3n) is 8.59. The molecule has 6 rings (SSSR count). The third kappa shape index (κ3) is 10.6. The van der Waals surface area contributed by atoms with Gasteiger partial charge in [-0.1, -0.05) is 24.3 Å². The molecule has 2 aromatic heterocycles. The molecule has 0 bridgehead atoms. The zero-order valence-corrected chi connectivity index (χ0v) is 29.3. The van der Waals surface area contributed by atoms with E-state index in [1.807, 2.05) is 83.1 Å². The Kier molecular flexibility index (Phi) is 12.1. The largest absolute Gasteiger partial charge is 0.444 e. The Bertz CT molecular complexity index is 1710. The van der Waals surface area contributed by atoms with Crippen LogP contribution in [0.25, 0.3) is 22.3 Å². The van der Waals surface area contributed by atoms with Gasteiger partial charge in [0.2, 0.25) is 0 Å². The van der Waals surface area contributed by atoms with Gasteiger partial charge in [0.15, 0.2) is 0 Å². The first-order chi connectivity index (χ1) is 23.4. The number of rotatable bonds is 6. The molecule has 0 saturated carbocycles. The molecule has 8 nitrogen and oxygen atoms in total. The van der Waals surface area contributed by atoms with E-state index in [-0.39, 0.29) is 17.7 Å². The first-order valence-electron chi connectivity index (χ1n) is 17.0. The van der Waals surface area contributed by atoms with Crippen molar-refractivity contribution >= 4 is 6.09 Å². The number of aryl methyl sites for hydroxylation is 2. The molecule has 260 valence electrons. The number of benzene rings is 2. The molecule has 0 aliphatic carbocycles. The van der Waals surface area contributed by atoms with Crippen molar-refractivity contribution in [1.29, 1.82) is 0 Å². The Morgan fingerprint density at radius 1 is 0.694 bits per heavy atom. The molecule has 1 amide bonds. The lowest BCUT2D eigenvalue weighted by Crippen LogP contribution is -2.49. The minimum atomic E-state index is -0.494. The molecule has 2 aliphatic heterocycles. The minimum absolute atomic E-state index is 0.125. The molecule has 2 aromatic carbocycles. The summed E-state index contributed by atoms with van der Waals surface area (Å²) in [6, 6.07) is 18.6. The van der Waals surface area contributed by atoms with Crippen LogP contribution >= 0.6 is 0 Å². The number of hydrogen-bond acceptors (Lipinski definition) is 7. The second-order valence-electron chi connectivity index (χ2n) is 13.8. The average Bonchev–Trinajstić information content (AvgIpc) is 3.07. The summed E-state index contributed by atoms with van der Waals surface area (Å²) in [7, 11) is 0. The van der Waals surface area contributed by atoms with Crippen LogP contribution in [0.1, 0.15) is 43.3 Å². The van der Waals surface area contributed by atoms with Gasteiger partial charge in [-0.15, -0.1) is 0 Å². The van der Waals surface area contributed by atoms with E-state index in [2.05, 4.69) is 25.1 Å². The quantitative estimate of drug-likeness (QED) is 0.241. The van der Waals surface area contributed by atoms with Gasteiger partial charge in [0, 0.05) is 100 Å². The monoisotopic (exact) mass is 670 g/mol. The van der Waals surface area contributed by atoms with E-state index >= 15 is 0 Å². The normalized spacial score (nSPS) is 15.8. The van der Waals surface area contributed by atoms with Gasteiger partial charge in [-0.3, -0.25) is 19.8 Å². The lowest BCUT2D eigenvalue weighted by molar-refractivity contribution is 0.0138. The predicted molar refractivity (Wildman–Crippen MR) is 190 cm³/mol. The molecule has 10 heteroatoms. The number of nitrogens with zero attached hydrogens (tertiary/aromatic N) is 5. The molecule has 0 spiro atoms. The number of pyridine rings is 2. The number of carbonyl (C=O) groups excluding carboxylic acids is 1. The van der Waals surface area contributed by atoms with Gasteiger partial charge in [0.25, 0.3) is 0 Å². The second kappa shape index (κ2) is 16.4. The van der Waals surface area contributed by atoms with E-state index in [4.69, 9.17) is 4.74 Å². The summed E-state index contributed by atoms with van der Waals surface area (Å²) in [5.41, 5.74) is 6.52. The lowest BCUT2D eigenvalue weighted by Gasteiger charge is -2.35. The van der Waals surface area contributed by atoms with Crippen LogP contribution in [0.5, 0.6) is 0 Å². The van der Waals surface area contributed by atoms with Crippen LogP contribution < -0.4 is 5.32 Å². The molecule has 49 heavy (non-hydrogen) atoms. The van der Waals surface area contributed by atoms with Gasteiger partial charge in [-0.05, 0) is 93.3 Å². The number of amides is 1. The van der Waals surface area contributed by atoms with E-state index in [0.29, 0.717) is 44.8 Å². The molecule has 2 aliphatic rings. The smallest absolute Gasteiger partial charge is 0.410 e. The van der Waals surface area contributed by atoms with Crippen LogP contribution in [0.15, 0.2) is 73.1 Å². The highest BCUT2D eigenvalue weighted by Crippen LogP contribution is 2.25. The van der Waals surface area contributed by atoms with Crippen molar-refractivity contribution < 1.29 is 18.3 Å².